The molecule has 1 saturated heterocycles. The van der Waals surface area contributed by atoms with Crippen molar-refractivity contribution in [2.75, 3.05) is 20.3 Å². The summed E-state index contributed by atoms with van der Waals surface area (Å²) in [6.45, 7) is 5.09. The molecule has 1 aliphatic rings. The van der Waals surface area contributed by atoms with Crippen LogP contribution >= 0.6 is 0 Å². The third-order valence-electron chi connectivity index (χ3n) is 4.59. The molecule has 7 nitrogen and oxygen atoms in total. The quantitative estimate of drug-likeness (QED) is 0.505. The fourth-order valence-electron chi connectivity index (χ4n) is 2.93. The van der Waals surface area contributed by atoms with Crippen LogP contribution in [0.15, 0.2) is 28.8 Å². The average Bonchev–Trinajstić information content (AvgIpc) is 3.33. The highest BCUT2D eigenvalue weighted by Crippen LogP contribution is 2.30. The van der Waals surface area contributed by atoms with Gasteiger partial charge in [0.1, 0.15) is 19.0 Å². The number of hydrogen-bond acceptors (Lipinski definition) is 7. The largest absolute Gasteiger partial charge is 0.493 e. The van der Waals surface area contributed by atoms with Crippen LogP contribution in [0.25, 0.3) is 6.08 Å². The third-order valence-corrected chi connectivity index (χ3v) is 4.59. The van der Waals surface area contributed by atoms with Crippen LogP contribution in [0.2, 0.25) is 0 Å². The molecule has 0 aliphatic carbocycles. The third kappa shape index (κ3) is 5.13. The molecule has 7 heteroatoms. The summed E-state index contributed by atoms with van der Waals surface area (Å²) in [6.07, 6.45) is 5.05. The fourth-order valence-corrected chi connectivity index (χ4v) is 2.93. The topological polar surface area (TPSA) is 80.0 Å². The lowest BCUT2D eigenvalue weighted by Gasteiger charge is -2.11. The monoisotopic (exact) mass is 387 g/mol. The van der Waals surface area contributed by atoms with Crippen LogP contribution in [0.4, 0.5) is 0 Å². The number of ether oxygens (including phenoxy) is 4. The first-order valence-corrected chi connectivity index (χ1v) is 9.26. The Hall–Kier alpha value is -2.80. The van der Waals surface area contributed by atoms with E-state index in [9.17, 15) is 4.79 Å². The van der Waals surface area contributed by atoms with Crippen LogP contribution in [-0.2, 0) is 20.9 Å². The first kappa shape index (κ1) is 19.9. The molecule has 0 amide bonds. The number of aromatic nitrogens is 1. The minimum absolute atomic E-state index is 0.0200. The van der Waals surface area contributed by atoms with E-state index in [4.69, 9.17) is 23.5 Å². The van der Waals surface area contributed by atoms with Crippen LogP contribution in [0.5, 0.6) is 11.5 Å². The maximum atomic E-state index is 11.9. The van der Waals surface area contributed by atoms with Crippen molar-refractivity contribution in [2.24, 2.45) is 0 Å². The Kier molecular flexibility index (Phi) is 6.71. The van der Waals surface area contributed by atoms with Crippen molar-refractivity contribution in [1.82, 2.24) is 5.16 Å². The van der Waals surface area contributed by atoms with E-state index >= 15 is 0 Å². The van der Waals surface area contributed by atoms with E-state index in [0.717, 1.165) is 42.0 Å². The van der Waals surface area contributed by atoms with E-state index in [1.165, 1.54) is 6.08 Å². The van der Waals surface area contributed by atoms with Gasteiger partial charge in [0.25, 0.3) is 0 Å². The van der Waals surface area contributed by atoms with Gasteiger partial charge in [0.15, 0.2) is 11.5 Å². The molecule has 1 aliphatic heterocycles. The second kappa shape index (κ2) is 9.41. The van der Waals surface area contributed by atoms with Crippen LogP contribution in [0.3, 0.4) is 0 Å². The molecule has 2 aromatic rings. The molecule has 28 heavy (non-hydrogen) atoms. The molecule has 0 bridgehead atoms. The van der Waals surface area contributed by atoms with Gasteiger partial charge >= 0.3 is 5.97 Å². The number of benzene rings is 1. The highest BCUT2D eigenvalue weighted by molar-refractivity contribution is 5.87. The van der Waals surface area contributed by atoms with Gasteiger partial charge in [0, 0.05) is 12.7 Å². The van der Waals surface area contributed by atoms with Gasteiger partial charge in [-0.3, -0.25) is 0 Å². The van der Waals surface area contributed by atoms with Crippen LogP contribution in [0.1, 0.15) is 35.4 Å². The zero-order valence-electron chi connectivity index (χ0n) is 16.4. The number of carbonyl (C=O) groups is 1. The smallest absolute Gasteiger partial charge is 0.330 e. The summed E-state index contributed by atoms with van der Waals surface area (Å²) in [5.74, 6) is 1.51. The molecule has 1 atom stereocenters. The van der Waals surface area contributed by atoms with Gasteiger partial charge in [0.2, 0.25) is 0 Å². The van der Waals surface area contributed by atoms with Crippen molar-refractivity contribution in [3.05, 3.63) is 46.9 Å². The summed E-state index contributed by atoms with van der Waals surface area (Å²) >= 11 is 0. The maximum absolute atomic E-state index is 11.9. The van der Waals surface area contributed by atoms with Gasteiger partial charge in [-0.1, -0.05) is 11.2 Å². The van der Waals surface area contributed by atoms with Crippen molar-refractivity contribution in [3.8, 4) is 11.5 Å². The number of hydrogen-bond donors (Lipinski definition) is 0. The molecule has 1 unspecified atom stereocenters. The van der Waals surface area contributed by atoms with Crippen LogP contribution < -0.4 is 9.47 Å². The van der Waals surface area contributed by atoms with Gasteiger partial charge in [-0.05, 0) is 50.5 Å². The van der Waals surface area contributed by atoms with E-state index in [2.05, 4.69) is 5.16 Å². The van der Waals surface area contributed by atoms with Crippen molar-refractivity contribution < 1.29 is 28.3 Å². The summed E-state index contributed by atoms with van der Waals surface area (Å²) in [5, 5.41) is 3.92. The molecule has 1 aromatic carbocycles. The number of rotatable bonds is 8. The number of esters is 1. The van der Waals surface area contributed by atoms with Gasteiger partial charge < -0.3 is 23.5 Å². The standard InChI is InChI=1S/C21H25NO6/c1-14-18(15(2)28-22-14)13-26-19-8-6-16(11-20(19)24-3)7-9-21(23)27-12-17-5-4-10-25-17/h6-9,11,17H,4-5,10,12-13H2,1-3H3/b9-7+. The first-order valence-electron chi connectivity index (χ1n) is 9.26. The molecule has 150 valence electrons. The van der Waals surface area contributed by atoms with Crippen molar-refractivity contribution in [2.45, 2.75) is 39.4 Å². The Morgan fingerprint density at radius 1 is 1.32 bits per heavy atom. The maximum Gasteiger partial charge on any atom is 0.330 e. The molecule has 1 fully saturated rings. The van der Waals surface area contributed by atoms with Gasteiger partial charge in [0.05, 0.1) is 24.5 Å². The summed E-state index contributed by atoms with van der Waals surface area (Å²) in [4.78, 5) is 11.9. The minimum atomic E-state index is -0.395. The SMILES string of the molecule is COc1cc(/C=C/C(=O)OCC2CCCO2)ccc1OCc1c(C)noc1C. The van der Waals surface area contributed by atoms with Crippen molar-refractivity contribution >= 4 is 12.0 Å². The fraction of sp³-hybridized carbons (Fsp3) is 0.429. The lowest BCUT2D eigenvalue weighted by Crippen LogP contribution is -2.16. The predicted molar refractivity (Wildman–Crippen MR) is 102 cm³/mol. The molecule has 0 radical (unpaired) electrons. The average molecular weight is 387 g/mol. The normalized spacial score (nSPS) is 16.5. The number of aryl methyl sites for hydroxylation is 2. The van der Waals surface area contributed by atoms with Gasteiger partial charge in [-0.25, -0.2) is 4.79 Å². The molecule has 0 spiro atoms. The highest BCUT2D eigenvalue weighted by atomic mass is 16.6. The number of nitrogens with zero attached hydrogens (tertiary/aromatic N) is 1. The summed E-state index contributed by atoms with van der Waals surface area (Å²) in [7, 11) is 1.57. The van der Waals surface area contributed by atoms with E-state index in [0.29, 0.717) is 24.7 Å². The Balaban J connectivity index is 1.58. The van der Waals surface area contributed by atoms with E-state index in [-0.39, 0.29) is 6.10 Å². The molecule has 3 rings (SSSR count). The summed E-state index contributed by atoms with van der Waals surface area (Å²) < 4.78 is 27.0. The lowest BCUT2D eigenvalue weighted by molar-refractivity contribution is -0.140. The molecular weight excluding hydrogens is 362 g/mol. The van der Waals surface area contributed by atoms with Crippen molar-refractivity contribution in [1.29, 1.82) is 0 Å². The zero-order valence-corrected chi connectivity index (χ0v) is 16.4. The lowest BCUT2D eigenvalue weighted by atomic mass is 10.2. The first-order chi connectivity index (χ1) is 13.6. The van der Waals surface area contributed by atoms with Crippen molar-refractivity contribution in [3.63, 3.8) is 0 Å². The Bertz CT molecular complexity index is 816. The molecule has 1 aromatic heterocycles. The predicted octanol–water partition coefficient (Wildman–Crippen LogP) is 3.61. The molecular formula is C21H25NO6. The Morgan fingerprint density at radius 2 is 2.18 bits per heavy atom. The molecule has 0 saturated carbocycles. The Morgan fingerprint density at radius 3 is 2.86 bits per heavy atom. The summed E-state index contributed by atoms with van der Waals surface area (Å²) in [6, 6.07) is 5.44. The van der Waals surface area contributed by atoms with E-state index < -0.39 is 5.97 Å². The Labute approximate surface area is 164 Å². The van der Waals surface area contributed by atoms with Crippen LogP contribution in [0, 0.1) is 13.8 Å². The van der Waals surface area contributed by atoms with Gasteiger partial charge in [-0.2, -0.15) is 0 Å². The van der Waals surface area contributed by atoms with E-state index in [1.807, 2.05) is 19.9 Å². The van der Waals surface area contributed by atoms with Gasteiger partial charge in [-0.15, -0.1) is 0 Å². The molecule has 2 heterocycles. The van der Waals surface area contributed by atoms with Crippen LogP contribution in [-0.4, -0.2) is 37.6 Å². The second-order valence-corrected chi connectivity index (χ2v) is 6.60. The minimum Gasteiger partial charge on any atom is -0.493 e. The number of carbonyl (C=O) groups excluding carboxylic acids is 1. The molecule has 0 N–H and O–H groups in total. The summed E-state index contributed by atoms with van der Waals surface area (Å²) in [5.41, 5.74) is 2.52. The zero-order chi connectivity index (χ0) is 19.9. The number of methoxy groups -OCH3 is 1. The highest BCUT2D eigenvalue weighted by Gasteiger charge is 2.16. The van der Waals surface area contributed by atoms with E-state index in [1.54, 1.807) is 25.3 Å². The second-order valence-electron chi connectivity index (χ2n) is 6.60.